The molecule has 2 fully saturated rings. The third-order valence-corrected chi connectivity index (χ3v) is 7.11. The van der Waals surface area contributed by atoms with Crippen LogP contribution in [0.15, 0.2) is 36.8 Å². The highest BCUT2D eigenvalue weighted by Crippen LogP contribution is 2.52. The van der Waals surface area contributed by atoms with Gasteiger partial charge < -0.3 is 9.64 Å². The van der Waals surface area contributed by atoms with Gasteiger partial charge in [0, 0.05) is 31.1 Å². The lowest BCUT2D eigenvalue weighted by Gasteiger charge is -2.65. The fourth-order valence-electron chi connectivity index (χ4n) is 5.55. The summed E-state index contributed by atoms with van der Waals surface area (Å²) in [5.74, 6) is 0.340. The Morgan fingerprint density at radius 2 is 2.09 bits per heavy atom. The number of carbonyl (C=O) groups excluding carboxylic acids is 1. The van der Waals surface area contributed by atoms with Crippen molar-refractivity contribution in [2.24, 2.45) is 5.92 Å². The van der Waals surface area contributed by atoms with E-state index in [-0.39, 0.29) is 29.4 Å². The van der Waals surface area contributed by atoms with Crippen LogP contribution in [0.4, 0.5) is 23.8 Å². The highest BCUT2D eigenvalue weighted by atomic mass is 19.4. The number of ether oxygens (including phenoxy) is 1. The van der Waals surface area contributed by atoms with Crippen LogP contribution < -0.4 is 5.32 Å². The molecule has 4 atom stereocenters. The molecule has 1 N–H and O–H groups in total. The molecule has 8 nitrogen and oxygen atoms in total. The zero-order valence-corrected chi connectivity index (χ0v) is 19.0. The van der Waals surface area contributed by atoms with E-state index in [0.29, 0.717) is 17.6 Å². The summed E-state index contributed by atoms with van der Waals surface area (Å²) in [4.78, 5) is 23.0. The minimum atomic E-state index is -4.66. The first-order chi connectivity index (χ1) is 16.1. The molecule has 3 aromatic rings. The van der Waals surface area contributed by atoms with Crippen molar-refractivity contribution in [2.45, 2.75) is 57.0 Å². The van der Waals surface area contributed by atoms with Crippen LogP contribution in [0.1, 0.15) is 38.7 Å². The second-order valence-electron chi connectivity index (χ2n) is 9.26. The number of halogens is 3. The number of aromatic nitrogens is 4. The minimum Gasteiger partial charge on any atom is -0.379 e. The van der Waals surface area contributed by atoms with Crippen molar-refractivity contribution in [3.63, 3.8) is 0 Å². The summed E-state index contributed by atoms with van der Waals surface area (Å²) in [6.45, 7) is 4.10. The van der Waals surface area contributed by atoms with E-state index in [1.54, 1.807) is 30.3 Å². The number of piperidine rings is 1. The van der Waals surface area contributed by atoms with E-state index in [0.717, 1.165) is 19.3 Å². The number of fused-ring (bicyclic) bond motifs is 3. The second-order valence-corrected chi connectivity index (χ2v) is 9.26. The second kappa shape index (κ2) is 7.93. The van der Waals surface area contributed by atoms with Crippen LogP contribution in [0.3, 0.4) is 0 Å². The largest absolute Gasteiger partial charge is 0.418 e. The van der Waals surface area contributed by atoms with E-state index < -0.39 is 23.3 Å². The zero-order chi connectivity index (χ0) is 24.3. The number of methoxy groups -OCH3 is 1. The monoisotopic (exact) mass is 474 g/mol. The number of nitrogens with one attached hydrogen (secondary N) is 1. The molecule has 0 radical (unpaired) electrons. The lowest BCUT2D eigenvalue weighted by molar-refractivity contribution is -0.155. The summed E-state index contributed by atoms with van der Waals surface area (Å²) in [6, 6.07) is 4.31. The van der Waals surface area contributed by atoms with Gasteiger partial charge in [-0.3, -0.25) is 5.32 Å². The molecule has 2 aliphatic rings. The van der Waals surface area contributed by atoms with Crippen LogP contribution in [-0.2, 0) is 10.9 Å². The molecule has 0 aromatic carbocycles. The van der Waals surface area contributed by atoms with Gasteiger partial charge in [0.2, 0.25) is 0 Å². The van der Waals surface area contributed by atoms with Gasteiger partial charge in [0.15, 0.2) is 5.82 Å². The molecule has 2 bridgehead atoms. The van der Waals surface area contributed by atoms with Crippen molar-refractivity contribution in [2.75, 3.05) is 12.4 Å². The molecule has 1 saturated heterocycles. The molecule has 0 unspecified atom stereocenters. The quantitative estimate of drug-likeness (QED) is 0.597. The van der Waals surface area contributed by atoms with Crippen LogP contribution in [0.2, 0.25) is 0 Å². The third kappa shape index (κ3) is 3.58. The Morgan fingerprint density at radius 1 is 1.29 bits per heavy atom. The van der Waals surface area contributed by atoms with Gasteiger partial charge in [-0.1, -0.05) is 6.92 Å². The van der Waals surface area contributed by atoms with Gasteiger partial charge in [0.25, 0.3) is 0 Å². The molecule has 4 heterocycles. The van der Waals surface area contributed by atoms with Gasteiger partial charge in [-0.25, -0.2) is 19.3 Å². The molecular weight excluding hydrogens is 449 g/mol. The van der Waals surface area contributed by atoms with Crippen molar-refractivity contribution >= 4 is 17.4 Å². The Balaban J connectivity index is 1.48. The van der Waals surface area contributed by atoms with Gasteiger partial charge in [0.1, 0.15) is 5.82 Å². The Hall–Kier alpha value is -3.21. The number of hydrogen-bond donors (Lipinski definition) is 1. The smallest absolute Gasteiger partial charge is 0.379 e. The van der Waals surface area contributed by atoms with E-state index in [1.807, 2.05) is 6.92 Å². The molecule has 180 valence electrons. The van der Waals surface area contributed by atoms with Crippen LogP contribution in [0.5, 0.6) is 0 Å². The first-order valence-corrected chi connectivity index (χ1v) is 11.1. The Labute approximate surface area is 194 Å². The fraction of sp³-hybridized carbons (Fsp3) is 0.478. The van der Waals surface area contributed by atoms with Crippen LogP contribution >= 0.6 is 0 Å². The summed E-state index contributed by atoms with van der Waals surface area (Å²) in [7, 11) is 1.62. The first kappa shape index (κ1) is 22.6. The normalized spacial score (nSPS) is 25.2. The molecule has 0 spiro atoms. The number of nitrogens with zero attached hydrogens (tertiary/aromatic N) is 5. The van der Waals surface area contributed by atoms with Crippen LogP contribution in [0.25, 0.3) is 16.9 Å². The topological polar surface area (TPSA) is 84.7 Å². The van der Waals surface area contributed by atoms with Crippen molar-refractivity contribution in [1.29, 1.82) is 0 Å². The summed E-state index contributed by atoms with van der Waals surface area (Å²) in [5, 5.41) is 6.90. The van der Waals surface area contributed by atoms with Gasteiger partial charge in [-0.2, -0.15) is 13.2 Å². The predicted molar refractivity (Wildman–Crippen MR) is 118 cm³/mol. The highest BCUT2D eigenvalue weighted by molar-refractivity contribution is 5.91. The van der Waals surface area contributed by atoms with Gasteiger partial charge in [-0.05, 0) is 50.3 Å². The molecule has 11 heteroatoms. The van der Waals surface area contributed by atoms with E-state index in [1.165, 1.54) is 16.8 Å². The van der Waals surface area contributed by atoms with Crippen LogP contribution in [-0.4, -0.2) is 55.3 Å². The van der Waals surface area contributed by atoms with Crippen molar-refractivity contribution in [3.8, 4) is 11.4 Å². The number of carbonyl (C=O) groups is 1. The average molecular weight is 474 g/mol. The molecule has 34 heavy (non-hydrogen) atoms. The summed E-state index contributed by atoms with van der Waals surface area (Å²) in [6.07, 6.45) is 1.47. The summed E-state index contributed by atoms with van der Waals surface area (Å²) >= 11 is 0. The Bertz CT molecular complexity index is 1240. The Morgan fingerprint density at radius 3 is 2.82 bits per heavy atom. The van der Waals surface area contributed by atoms with Crippen molar-refractivity contribution < 1.29 is 22.7 Å². The predicted octanol–water partition coefficient (Wildman–Crippen LogP) is 4.62. The number of urea groups is 1. The lowest BCUT2D eigenvalue weighted by atomic mass is 9.62. The van der Waals surface area contributed by atoms with E-state index >= 15 is 0 Å². The molecule has 5 rings (SSSR count). The number of likely N-dealkylation sites (tertiary alicyclic amines) is 1. The van der Waals surface area contributed by atoms with Gasteiger partial charge >= 0.3 is 12.2 Å². The van der Waals surface area contributed by atoms with E-state index in [4.69, 9.17) is 4.74 Å². The maximum atomic E-state index is 13.7. The molecule has 3 aromatic heterocycles. The number of amides is 2. The molecule has 1 aliphatic heterocycles. The first-order valence-electron chi connectivity index (χ1n) is 11.1. The zero-order valence-electron chi connectivity index (χ0n) is 19.0. The van der Waals surface area contributed by atoms with Crippen molar-refractivity contribution in [3.05, 3.63) is 42.4 Å². The molecule has 1 saturated carbocycles. The van der Waals surface area contributed by atoms with Crippen molar-refractivity contribution in [1.82, 2.24) is 24.5 Å². The maximum absolute atomic E-state index is 13.7. The summed E-state index contributed by atoms with van der Waals surface area (Å²) in [5.41, 5.74) is -1.02. The molecular formula is C23H25F3N6O2. The van der Waals surface area contributed by atoms with Gasteiger partial charge in [-0.15, -0.1) is 5.10 Å². The number of pyridine rings is 1. The molecule has 1 aliphatic carbocycles. The maximum Gasteiger partial charge on any atom is 0.418 e. The minimum absolute atomic E-state index is 0.00226. The highest BCUT2D eigenvalue weighted by Gasteiger charge is 2.61. The van der Waals surface area contributed by atoms with E-state index in [2.05, 4.69) is 27.3 Å². The summed E-state index contributed by atoms with van der Waals surface area (Å²) < 4.78 is 48.2. The fourth-order valence-corrected chi connectivity index (χ4v) is 5.55. The van der Waals surface area contributed by atoms with Crippen LogP contribution in [0, 0.1) is 5.92 Å². The lowest BCUT2D eigenvalue weighted by Crippen LogP contribution is -2.76. The Kier molecular flexibility index (Phi) is 5.27. The number of alkyl halides is 3. The number of rotatable bonds is 4. The van der Waals surface area contributed by atoms with E-state index in [9.17, 15) is 18.0 Å². The number of hydrogen-bond acceptors (Lipinski definition) is 5. The number of anilines is 1. The van der Waals surface area contributed by atoms with Gasteiger partial charge in [0.05, 0.1) is 28.9 Å². The average Bonchev–Trinajstić information content (AvgIpc) is 3.25. The SMILES string of the molecule is CO[C@@H](C)[C@]12C[C@@H](C)C[C@H](C1)N2C(=O)Nc1cc(-c2ncc3cccn3n2)c(C(F)(F)F)cn1. The molecule has 2 amide bonds. The standard InChI is InChI=1S/C23H25F3N6O2/c1-13-7-16-10-22(9-13,14(2)34-3)32(16)21(33)29-19-8-17(18(12-27-19)23(24,25)26)20-28-11-15-5-4-6-31(15)30-20/h4-6,8,11-14,16H,7,9-10H2,1-3H3,(H,27,29,33)/t13-,14-,16+,22-/m0/s1. The third-order valence-electron chi connectivity index (χ3n) is 7.11.